The third kappa shape index (κ3) is 4.98. The number of hydrogen-bond donors (Lipinski definition) is 1. The molecule has 0 saturated heterocycles. The van der Waals surface area contributed by atoms with Crippen LogP contribution in [0.15, 0.2) is 24.3 Å². The lowest BCUT2D eigenvalue weighted by atomic mass is 10.1. The van der Waals surface area contributed by atoms with Crippen molar-refractivity contribution in [2.75, 3.05) is 39.6 Å². The topological polar surface area (TPSA) is 52.7 Å². The lowest BCUT2D eigenvalue weighted by Gasteiger charge is -2.26. The molecular weight excluding hydrogens is 286 g/mol. The van der Waals surface area contributed by atoms with Crippen molar-refractivity contribution in [3.8, 4) is 0 Å². The van der Waals surface area contributed by atoms with E-state index >= 15 is 0 Å². The number of likely N-dealkylation sites (N-methyl/N-ethyl adjacent to an activating group) is 1. The molecule has 1 N–H and O–H groups in total. The highest BCUT2D eigenvalue weighted by Crippen LogP contribution is 2.21. The van der Waals surface area contributed by atoms with Gasteiger partial charge >= 0.3 is 0 Å². The van der Waals surface area contributed by atoms with Crippen LogP contribution in [0.5, 0.6) is 0 Å². The summed E-state index contributed by atoms with van der Waals surface area (Å²) in [5.41, 5.74) is 2.22. The predicted octanol–water partition coefficient (Wildman–Crippen LogP) is 1.68. The summed E-state index contributed by atoms with van der Waals surface area (Å²) in [5.74, 6) is 0. The summed E-state index contributed by atoms with van der Waals surface area (Å²) in [4.78, 5) is 4.06. The van der Waals surface area contributed by atoms with E-state index in [0.717, 1.165) is 11.3 Å². The Kier molecular flexibility index (Phi) is 6.19. The van der Waals surface area contributed by atoms with Crippen LogP contribution in [0.25, 0.3) is 0 Å². The molecule has 1 rings (SSSR count). The highest BCUT2D eigenvalue weighted by Gasteiger charge is 2.20. The minimum absolute atomic E-state index is 0.00902. The normalized spacial score (nSPS) is 13.7. The number of sulfonamides is 1. The van der Waals surface area contributed by atoms with Gasteiger partial charge in [-0.25, -0.2) is 13.1 Å². The molecule has 0 aliphatic carbocycles. The predicted molar refractivity (Wildman–Crippen MR) is 89.3 cm³/mol. The molecule has 0 heterocycles. The summed E-state index contributed by atoms with van der Waals surface area (Å²) in [7, 11) is 4.65. The zero-order chi connectivity index (χ0) is 16.2. The van der Waals surface area contributed by atoms with Crippen molar-refractivity contribution in [1.82, 2.24) is 9.62 Å². The van der Waals surface area contributed by atoms with E-state index in [1.54, 1.807) is 13.8 Å². The average Bonchev–Trinajstić information content (AvgIpc) is 2.38. The molecule has 0 fully saturated rings. The van der Waals surface area contributed by atoms with Gasteiger partial charge in [0.1, 0.15) is 0 Å². The van der Waals surface area contributed by atoms with Gasteiger partial charge in [0, 0.05) is 32.4 Å². The zero-order valence-electron chi connectivity index (χ0n) is 13.8. The Morgan fingerprint density at radius 3 is 1.95 bits per heavy atom. The zero-order valence-corrected chi connectivity index (χ0v) is 14.6. The number of rotatable bonds is 7. The number of anilines is 1. The number of hydrogen-bond acceptors (Lipinski definition) is 4. The van der Waals surface area contributed by atoms with Crippen molar-refractivity contribution in [3.63, 3.8) is 0 Å². The van der Waals surface area contributed by atoms with Crippen LogP contribution >= 0.6 is 0 Å². The molecule has 0 amide bonds. The summed E-state index contributed by atoms with van der Waals surface area (Å²) >= 11 is 0. The maximum absolute atomic E-state index is 11.9. The summed E-state index contributed by atoms with van der Waals surface area (Å²) in [5, 5.41) is -0.420. The fourth-order valence-electron chi connectivity index (χ4n) is 1.95. The van der Waals surface area contributed by atoms with Gasteiger partial charge in [0.2, 0.25) is 10.0 Å². The van der Waals surface area contributed by atoms with E-state index in [9.17, 15) is 8.42 Å². The molecule has 1 aromatic carbocycles. The highest BCUT2D eigenvalue weighted by atomic mass is 32.2. The van der Waals surface area contributed by atoms with Crippen molar-refractivity contribution in [2.45, 2.75) is 25.1 Å². The van der Waals surface area contributed by atoms with Gasteiger partial charge < -0.3 is 9.80 Å². The molecule has 1 atom stereocenters. The second-order valence-corrected chi connectivity index (χ2v) is 8.23. The first-order valence-corrected chi connectivity index (χ1v) is 8.62. The first-order chi connectivity index (χ1) is 9.65. The molecule has 0 radical (unpaired) electrons. The third-order valence-electron chi connectivity index (χ3n) is 3.52. The molecule has 0 aliphatic rings. The second kappa shape index (κ2) is 7.24. The van der Waals surface area contributed by atoms with Gasteiger partial charge in [0.05, 0.1) is 5.25 Å². The molecule has 21 heavy (non-hydrogen) atoms. The van der Waals surface area contributed by atoms with Gasteiger partial charge in [-0.15, -0.1) is 0 Å². The van der Waals surface area contributed by atoms with Crippen LogP contribution in [0.1, 0.15) is 25.5 Å². The highest BCUT2D eigenvalue weighted by molar-refractivity contribution is 7.90. The Hall–Kier alpha value is -1.11. The molecule has 120 valence electrons. The van der Waals surface area contributed by atoms with E-state index in [0.29, 0.717) is 6.54 Å². The molecule has 5 nitrogen and oxygen atoms in total. The van der Waals surface area contributed by atoms with E-state index in [1.165, 1.54) is 0 Å². The smallest absolute Gasteiger partial charge is 0.213 e. The Balaban J connectivity index is 2.87. The SMILES string of the molecule is CC(C)S(=O)(=O)NCC(c1ccc(N(C)C)cc1)N(C)C. The van der Waals surface area contributed by atoms with E-state index in [2.05, 4.69) is 4.72 Å². The van der Waals surface area contributed by atoms with E-state index < -0.39 is 15.3 Å². The van der Waals surface area contributed by atoms with Crippen LogP contribution in [0, 0.1) is 0 Å². The van der Waals surface area contributed by atoms with Gasteiger partial charge in [0.25, 0.3) is 0 Å². The number of nitrogens with zero attached hydrogens (tertiary/aromatic N) is 2. The monoisotopic (exact) mass is 313 g/mol. The van der Waals surface area contributed by atoms with E-state index in [1.807, 2.05) is 62.3 Å². The lowest BCUT2D eigenvalue weighted by Crippen LogP contribution is -2.37. The summed E-state index contributed by atoms with van der Waals surface area (Å²) in [6.07, 6.45) is 0. The van der Waals surface area contributed by atoms with Crippen LogP contribution < -0.4 is 9.62 Å². The lowest BCUT2D eigenvalue weighted by molar-refractivity contribution is 0.299. The largest absolute Gasteiger partial charge is 0.378 e. The maximum atomic E-state index is 11.9. The van der Waals surface area contributed by atoms with E-state index in [4.69, 9.17) is 0 Å². The molecule has 0 aliphatic heterocycles. The van der Waals surface area contributed by atoms with Crippen molar-refractivity contribution in [3.05, 3.63) is 29.8 Å². The van der Waals surface area contributed by atoms with Gasteiger partial charge in [-0.3, -0.25) is 0 Å². The summed E-state index contributed by atoms with van der Waals surface area (Å²) < 4.78 is 26.5. The van der Waals surface area contributed by atoms with Crippen molar-refractivity contribution in [2.24, 2.45) is 0 Å². The molecule has 1 unspecified atom stereocenters. The molecule has 1 aromatic rings. The minimum atomic E-state index is -3.24. The van der Waals surface area contributed by atoms with Crippen molar-refractivity contribution < 1.29 is 8.42 Å². The quantitative estimate of drug-likeness (QED) is 0.832. The van der Waals surface area contributed by atoms with Gasteiger partial charge in [-0.05, 0) is 45.6 Å². The van der Waals surface area contributed by atoms with Crippen LogP contribution in [-0.2, 0) is 10.0 Å². The molecule has 6 heteroatoms. The van der Waals surface area contributed by atoms with Gasteiger partial charge in [-0.1, -0.05) is 12.1 Å². The van der Waals surface area contributed by atoms with Crippen molar-refractivity contribution >= 4 is 15.7 Å². The van der Waals surface area contributed by atoms with Gasteiger partial charge in [-0.2, -0.15) is 0 Å². The first-order valence-electron chi connectivity index (χ1n) is 7.07. The fraction of sp³-hybridized carbons (Fsp3) is 0.600. The van der Waals surface area contributed by atoms with Crippen molar-refractivity contribution in [1.29, 1.82) is 0 Å². The second-order valence-electron chi connectivity index (χ2n) is 5.91. The van der Waals surface area contributed by atoms with E-state index in [-0.39, 0.29) is 6.04 Å². The number of nitrogens with one attached hydrogen (secondary N) is 1. The molecule has 0 aromatic heterocycles. The third-order valence-corrected chi connectivity index (χ3v) is 5.33. The summed E-state index contributed by atoms with van der Waals surface area (Å²) in [6, 6.07) is 8.19. The molecule has 0 spiro atoms. The molecular formula is C15H27N3O2S. The standard InChI is InChI=1S/C15H27N3O2S/c1-12(2)21(19,20)16-11-15(18(5)6)13-7-9-14(10-8-13)17(3)4/h7-10,12,15-16H,11H2,1-6H3. The van der Waals surface area contributed by atoms with Crippen LogP contribution in [0.4, 0.5) is 5.69 Å². The van der Waals surface area contributed by atoms with Crippen LogP contribution in [0.3, 0.4) is 0 Å². The minimum Gasteiger partial charge on any atom is -0.378 e. The molecule has 0 saturated carbocycles. The van der Waals surface area contributed by atoms with Gasteiger partial charge in [0.15, 0.2) is 0 Å². The Labute approximate surface area is 129 Å². The average molecular weight is 313 g/mol. The Bertz CT molecular complexity index is 537. The fourth-order valence-corrected chi connectivity index (χ4v) is 2.68. The molecule has 0 bridgehead atoms. The summed E-state index contributed by atoms with van der Waals surface area (Å²) in [6.45, 7) is 3.73. The maximum Gasteiger partial charge on any atom is 0.213 e. The number of benzene rings is 1. The van der Waals surface area contributed by atoms with Crippen LogP contribution in [-0.4, -0.2) is 53.3 Å². The van der Waals surface area contributed by atoms with Crippen LogP contribution in [0.2, 0.25) is 0 Å². The Morgan fingerprint density at radius 1 is 1.05 bits per heavy atom. The Morgan fingerprint density at radius 2 is 1.57 bits per heavy atom. The first kappa shape index (κ1) is 17.9.